The molecule has 0 atom stereocenters. The SMILES string of the molecule is COCCn1c(=O)ccc2cc(C(=O)C3C(=O)CCCC3=O)c(C(F)(F)F)nc21. The first-order valence-corrected chi connectivity index (χ1v) is 8.85. The molecule has 2 aromatic rings. The van der Waals surface area contributed by atoms with Crippen molar-refractivity contribution in [1.82, 2.24) is 9.55 Å². The van der Waals surface area contributed by atoms with Crippen molar-refractivity contribution in [1.29, 1.82) is 0 Å². The number of nitrogens with zero attached hydrogens (tertiary/aromatic N) is 2. The van der Waals surface area contributed by atoms with Crippen LogP contribution >= 0.6 is 0 Å². The lowest BCUT2D eigenvalue weighted by atomic mass is 9.81. The fourth-order valence-corrected chi connectivity index (χ4v) is 3.37. The number of methoxy groups -OCH3 is 1. The molecule has 1 aliphatic carbocycles. The Labute approximate surface area is 162 Å². The number of ketones is 3. The van der Waals surface area contributed by atoms with E-state index in [1.54, 1.807) is 0 Å². The van der Waals surface area contributed by atoms with Gasteiger partial charge in [-0.25, -0.2) is 4.98 Å². The standard InChI is InChI=1S/C19H17F3N2O5/c1-29-8-7-24-14(27)6-5-10-9-11(17(19(20,21)22)23-18(10)24)16(28)15-12(25)3-2-4-13(15)26/h5-6,9,15H,2-4,7-8H2,1H3. The molecule has 0 radical (unpaired) electrons. The van der Waals surface area contributed by atoms with Crippen LogP contribution in [-0.2, 0) is 27.0 Å². The monoisotopic (exact) mass is 410 g/mol. The van der Waals surface area contributed by atoms with Crippen molar-refractivity contribution in [3.05, 3.63) is 39.8 Å². The van der Waals surface area contributed by atoms with Crippen LogP contribution in [0.25, 0.3) is 11.0 Å². The molecule has 29 heavy (non-hydrogen) atoms. The highest BCUT2D eigenvalue weighted by Crippen LogP contribution is 2.34. The summed E-state index contributed by atoms with van der Waals surface area (Å²) in [5, 5.41) is 0.104. The predicted molar refractivity (Wildman–Crippen MR) is 94.6 cm³/mol. The first-order valence-electron chi connectivity index (χ1n) is 8.85. The number of rotatable bonds is 5. The Morgan fingerprint density at radius 1 is 1.21 bits per heavy atom. The fraction of sp³-hybridized carbons (Fsp3) is 0.421. The number of hydrogen-bond donors (Lipinski definition) is 0. The molecule has 0 spiro atoms. The Balaban J connectivity index is 2.23. The van der Waals surface area contributed by atoms with Crippen LogP contribution in [0.3, 0.4) is 0 Å². The highest BCUT2D eigenvalue weighted by atomic mass is 19.4. The minimum Gasteiger partial charge on any atom is -0.383 e. The molecule has 0 bridgehead atoms. The number of aromatic nitrogens is 2. The number of alkyl halides is 3. The van der Waals surface area contributed by atoms with E-state index in [-0.39, 0.29) is 43.4 Å². The molecule has 2 aromatic heterocycles. The van der Waals surface area contributed by atoms with Crippen LogP contribution in [-0.4, -0.2) is 40.6 Å². The van der Waals surface area contributed by atoms with Crippen LogP contribution in [0.15, 0.2) is 23.0 Å². The first-order chi connectivity index (χ1) is 13.6. The van der Waals surface area contributed by atoms with Gasteiger partial charge in [0.05, 0.1) is 18.7 Å². The second-order valence-electron chi connectivity index (χ2n) is 6.69. The smallest absolute Gasteiger partial charge is 0.383 e. The third kappa shape index (κ3) is 3.98. The number of Topliss-reactive ketones (excluding diaryl/α,β-unsaturated/α-hetero) is 3. The highest BCUT2D eigenvalue weighted by molar-refractivity contribution is 6.25. The Morgan fingerprint density at radius 3 is 2.45 bits per heavy atom. The van der Waals surface area contributed by atoms with Crippen LogP contribution in [0, 0.1) is 5.92 Å². The largest absolute Gasteiger partial charge is 0.434 e. The lowest BCUT2D eigenvalue weighted by Crippen LogP contribution is -2.36. The van der Waals surface area contributed by atoms with Crippen molar-refractivity contribution >= 4 is 28.4 Å². The summed E-state index contributed by atoms with van der Waals surface area (Å²) in [5.41, 5.74) is -3.22. The molecule has 0 saturated heterocycles. The number of pyridine rings is 2. The number of hydrogen-bond acceptors (Lipinski definition) is 6. The second-order valence-corrected chi connectivity index (χ2v) is 6.69. The maximum Gasteiger partial charge on any atom is 0.434 e. The van der Waals surface area contributed by atoms with Gasteiger partial charge in [-0.2, -0.15) is 13.2 Å². The minimum absolute atomic E-state index is 0.0378. The van der Waals surface area contributed by atoms with Crippen LogP contribution in [0.2, 0.25) is 0 Å². The number of ether oxygens (including phenoxy) is 1. The van der Waals surface area contributed by atoms with Crippen LogP contribution in [0.4, 0.5) is 13.2 Å². The summed E-state index contributed by atoms with van der Waals surface area (Å²) in [6.07, 6.45) is -4.84. The van der Waals surface area contributed by atoms with Gasteiger partial charge in [-0.05, 0) is 18.6 Å². The van der Waals surface area contributed by atoms with Crippen LogP contribution < -0.4 is 5.56 Å². The Morgan fingerprint density at radius 2 is 1.86 bits per heavy atom. The fourth-order valence-electron chi connectivity index (χ4n) is 3.37. The zero-order chi connectivity index (χ0) is 21.3. The molecule has 0 unspecified atom stereocenters. The third-order valence-corrected chi connectivity index (χ3v) is 4.76. The van der Waals surface area contributed by atoms with E-state index in [9.17, 15) is 32.3 Å². The summed E-state index contributed by atoms with van der Waals surface area (Å²) < 4.78 is 46.9. The third-order valence-electron chi connectivity index (χ3n) is 4.76. The van der Waals surface area contributed by atoms with Crippen LogP contribution in [0.1, 0.15) is 35.3 Å². The Bertz CT molecular complexity index is 1040. The summed E-state index contributed by atoms with van der Waals surface area (Å²) in [7, 11) is 1.37. The van der Waals surface area contributed by atoms with Gasteiger partial charge in [0.2, 0.25) is 0 Å². The van der Waals surface area contributed by atoms with Crippen molar-refractivity contribution in [3.63, 3.8) is 0 Å². The van der Waals surface area contributed by atoms with Crippen molar-refractivity contribution < 1.29 is 32.3 Å². The van der Waals surface area contributed by atoms with Crippen molar-refractivity contribution in [3.8, 4) is 0 Å². The molecular formula is C19H17F3N2O5. The zero-order valence-corrected chi connectivity index (χ0v) is 15.4. The van der Waals surface area contributed by atoms with Gasteiger partial charge >= 0.3 is 6.18 Å². The van der Waals surface area contributed by atoms with Crippen molar-refractivity contribution in [2.75, 3.05) is 13.7 Å². The summed E-state index contributed by atoms with van der Waals surface area (Å²) in [6.45, 7) is 0.0255. The lowest BCUT2D eigenvalue weighted by molar-refractivity contribution is -0.142. The maximum atomic E-state index is 13.7. The first kappa shape index (κ1) is 20.8. The number of carbonyl (C=O) groups is 3. The zero-order valence-electron chi connectivity index (χ0n) is 15.4. The molecule has 1 aliphatic rings. The van der Waals surface area contributed by atoms with Gasteiger partial charge in [-0.15, -0.1) is 0 Å². The topological polar surface area (TPSA) is 95.3 Å². The molecule has 0 N–H and O–H groups in total. The van der Waals surface area contributed by atoms with Gasteiger partial charge in [0.15, 0.2) is 23.0 Å². The van der Waals surface area contributed by atoms with E-state index < -0.39 is 46.3 Å². The second kappa shape index (κ2) is 7.86. The van der Waals surface area contributed by atoms with E-state index in [0.29, 0.717) is 0 Å². The molecule has 0 aliphatic heterocycles. The predicted octanol–water partition coefficient (Wildman–Crippen LogP) is 2.18. The van der Waals surface area contributed by atoms with E-state index >= 15 is 0 Å². The summed E-state index contributed by atoms with van der Waals surface area (Å²) in [4.78, 5) is 52.5. The van der Waals surface area contributed by atoms with Crippen molar-refractivity contribution in [2.24, 2.45) is 5.92 Å². The van der Waals surface area contributed by atoms with Gasteiger partial charge in [-0.1, -0.05) is 0 Å². The minimum atomic E-state index is -5.03. The van der Waals surface area contributed by atoms with Crippen LogP contribution in [0.5, 0.6) is 0 Å². The van der Waals surface area contributed by atoms with Gasteiger partial charge < -0.3 is 4.74 Å². The highest BCUT2D eigenvalue weighted by Gasteiger charge is 2.43. The van der Waals surface area contributed by atoms with Gasteiger partial charge in [-0.3, -0.25) is 23.7 Å². The van der Waals surface area contributed by atoms with E-state index in [2.05, 4.69) is 4.98 Å². The molecule has 1 saturated carbocycles. The van der Waals surface area contributed by atoms with E-state index in [1.165, 1.54) is 13.2 Å². The molecule has 3 rings (SSSR count). The van der Waals surface area contributed by atoms with E-state index in [4.69, 9.17) is 4.74 Å². The number of halogens is 3. The molecule has 10 heteroatoms. The molecule has 7 nitrogen and oxygen atoms in total. The average molecular weight is 410 g/mol. The Kier molecular flexibility index (Phi) is 5.65. The van der Waals surface area contributed by atoms with Gasteiger partial charge in [0, 0.05) is 31.4 Å². The average Bonchev–Trinajstić information content (AvgIpc) is 2.65. The molecule has 154 valence electrons. The van der Waals surface area contributed by atoms with Crippen molar-refractivity contribution in [2.45, 2.75) is 32.0 Å². The number of fused-ring (bicyclic) bond motifs is 1. The maximum absolute atomic E-state index is 13.7. The summed E-state index contributed by atoms with van der Waals surface area (Å²) in [5.74, 6) is -4.34. The summed E-state index contributed by atoms with van der Waals surface area (Å²) >= 11 is 0. The normalized spacial score (nSPS) is 15.9. The summed E-state index contributed by atoms with van der Waals surface area (Å²) in [6, 6.07) is 3.32. The van der Waals surface area contributed by atoms with E-state index in [1.807, 2.05) is 0 Å². The molecular weight excluding hydrogens is 393 g/mol. The quantitative estimate of drug-likeness (QED) is 0.554. The molecule has 0 amide bonds. The van der Waals surface area contributed by atoms with Gasteiger partial charge in [0.1, 0.15) is 11.6 Å². The molecule has 2 heterocycles. The molecule has 0 aromatic carbocycles. The molecule has 1 fully saturated rings. The van der Waals surface area contributed by atoms with Gasteiger partial charge in [0.25, 0.3) is 5.56 Å². The Hall–Kier alpha value is -2.88. The number of carbonyl (C=O) groups excluding carboxylic acids is 3. The van der Waals surface area contributed by atoms with E-state index in [0.717, 1.165) is 16.7 Å². The lowest BCUT2D eigenvalue weighted by Gasteiger charge is -2.20.